The Labute approximate surface area is 192 Å². The highest BCUT2D eigenvalue weighted by Gasteiger charge is 2.37. The Bertz CT molecular complexity index is 1220. The maximum absolute atomic E-state index is 13.0. The summed E-state index contributed by atoms with van der Waals surface area (Å²) in [6.45, 7) is 0. The summed E-state index contributed by atoms with van der Waals surface area (Å²) in [5, 5.41) is 9.40. The van der Waals surface area contributed by atoms with Crippen LogP contribution in [0.1, 0.15) is 59.5 Å². The van der Waals surface area contributed by atoms with Gasteiger partial charge in [0.15, 0.2) is 0 Å². The zero-order valence-corrected chi connectivity index (χ0v) is 18.4. The summed E-state index contributed by atoms with van der Waals surface area (Å²) in [5.74, 6) is 0.335. The van der Waals surface area contributed by atoms with E-state index in [2.05, 4.69) is 42.4 Å². The van der Waals surface area contributed by atoms with E-state index in [9.17, 15) is 4.79 Å². The van der Waals surface area contributed by atoms with E-state index in [4.69, 9.17) is 0 Å². The molecule has 1 N–H and O–H groups in total. The van der Waals surface area contributed by atoms with Gasteiger partial charge in [0, 0.05) is 42.1 Å². The Morgan fingerprint density at radius 2 is 1.91 bits per heavy atom. The van der Waals surface area contributed by atoms with E-state index in [1.54, 1.807) is 6.07 Å². The number of anilines is 1. The van der Waals surface area contributed by atoms with Gasteiger partial charge in [0.25, 0.3) is 5.91 Å². The average Bonchev–Trinajstić information content (AvgIpc) is 3.77. The number of pyridine rings is 1. The van der Waals surface area contributed by atoms with E-state index < -0.39 is 0 Å². The van der Waals surface area contributed by atoms with Gasteiger partial charge in [0.1, 0.15) is 24.5 Å². The summed E-state index contributed by atoms with van der Waals surface area (Å²) in [6.07, 6.45) is 10.0. The largest absolute Gasteiger partial charge is 0.333 e. The lowest BCUT2D eigenvalue weighted by Gasteiger charge is -2.29. The Kier molecular flexibility index (Phi) is 4.78. The first-order valence-electron chi connectivity index (χ1n) is 11.4. The third-order valence-electron chi connectivity index (χ3n) is 6.39. The molecule has 1 aromatic carbocycles. The number of hydrazone groups is 1. The van der Waals surface area contributed by atoms with Gasteiger partial charge in [-0.3, -0.25) is 14.8 Å². The average molecular weight is 440 g/mol. The lowest BCUT2D eigenvalue weighted by atomic mass is 10.1. The fourth-order valence-corrected chi connectivity index (χ4v) is 4.30. The van der Waals surface area contributed by atoms with Crippen molar-refractivity contribution in [2.45, 2.75) is 43.8 Å². The number of hydrogen-bond donors (Lipinski definition) is 1. The molecule has 0 bridgehead atoms. The molecular formula is C25H25N7O. The number of nitrogens with one attached hydrogen (secondary N) is 1. The molecule has 6 rings (SSSR count). The summed E-state index contributed by atoms with van der Waals surface area (Å²) in [5.41, 5.74) is 4.82. The van der Waals surface area contributed by atoms with Crippen LogP contribution in [0.4, 0.5) is 5.69 Å². The van der Waals surface area contributed by atoms with Gasteiger partial charge in [-0.05, 0) is 61.6 Å². The highest BCUT2D eigenvalue weighted by Crippen LogP contribution is 2.39. The van der Waals surface area contributed by atoms with Gasteiger partial charge >= 0.3 is 0 Å². The van der Waals surface area contributed by atoms with Gasteiger partial charge in [0.05, 0.1) is 5.69 Å². The lowest BCUT2D eigenvalue weighted by molar-refractivity contribution is 0.102. The number of carbonyl (C=O) groups is 1. The zero-order chi connectivity index (χ0) is 22.4. The van der Waals surface area contributed by atoms with Crippen molar-refractivity contribution >= 4 is 17.9 Å². The van der Waals surface area contributed by atoms with E-state index in [1.807, 2.05) is 48.9 Å². The minimum Gasteiger partial charge on any atom is -0.333 e. The van der Waals surface area contributed by atoms with Crippen molar-refractivity contribution in [1.82, 2.24) is 24.9 Å². The molecule has 2 saturated carbocycles. The van der Waals surface area contributed by atoms with Gasteiger partial charge in [-0.25, -0.2) is 9.97 Å². The summed E-state index contributed by atoms with van der Waals surface area (Å²) in [6, 6.07) is 14.2. The van der Waals surface area contributed by atoms with Crippen molar-refractivity contribution in [3.8, 4) is 11.3 Å². The van der Waals surface area contributed by atoms with Gasteiger partial charge in [-0.15, -0.1) is 0 Å². The second-order valence-electron chi connectivity index (χ2n) is 8.97. The molecule has 1 amide bonds. The van der Waals surface area contributed by atoms with Crippen molar-refractivity contribution in [2.24, 2.45) is 5.10 Å². The molecule has 1 atom stereocenters. The van der Waals surface area contributed by atoms with E-state index in [1.165, 1.54) is 32.0 Å². The molecule has 2 aliphatic carbocycles. The first-order chi connectivity index (χ1) is 16.2. The second-order valence-corrected chi connectivity index (χ2v) is 8.97. The molecule has 3 heterocycles. The standard InChI is InChI=1S/C25H25N7O/c1-31-25(32(15-29-31)20-8-9-20)17-3-2-4-19(11-17)30-24(33)23-12-22(27-14-28-23)18-7-10-21(26-13-18)16-5-6-16/h2-4,7,10-16,20,25H,5-6,8-9H2,1H3,(H,30,33). The van der Waals surface area contributed by atoms with Crippen molar-refractivity contribution in [2.75, 3.05) is 12.4 Å². The molecule has 8 heteroatoms. The van der Waals surface area contributed by atoms with Gasteiger partial charge < -0.3 is 10.2 Å². The van der Waals surface area contributed by atoms with Gasteiger partial charge in [0.2, 0.25) is 0 Å². The molecule has 0 radical (unpaired) electrons. The Morgan fingerprint density at radius 3 is 2.67 bits per heavy atom. The maximum Gasteiger partial charge on any atom is 0.274 e. The minimum atomic E-state index is -0.270. The second kappa shape index (κ2) is 7.95. The van der Waals surface area contributed by atoms with Gasteiger partial charge in [-0.2, -0.15) is 5.10 Å². The van der Waals surface area contributed by atoms with Crippen molar-refractivity contribution in [3.63, 3.8) is 0 Å². The Morgan fingerprint density at radius 1 is 1.03 bits per heavy atom. The predicted octanol–water partition coefficient (Wildman–Crippen LogP) is 4.02. The fourth-order valence-electron chi connectivity index (χ4n) is 4.30. The summed E-state index contributed by atoms with van der Waals surface area (Å²) in [7, 11) is 1.98. The molecule has 3 aliphatic rings. The smallest absolute Gasteiger partial charge is 0.274 e. The first kappa shape index (κ1) is 19.8. The number of hydrogen-bond acceptors (Lipinski definition) is 7. The van der Waals surface area contributed by atoms with Crippen LogP contribution < -0.4 is 5.32 Å². The highest BCUT2D eigenvalue weighted by atomic mass is 16.1. The van der Waals surface area contributed by atoms with E-state index in [0.717, 1.165) is 22.5 Å². The first-order valence-corrected chi connectivity index (χ1v) is 11.4. The monoisotopic (exact) mass is 439 g/mol. The molecule has 166 valence electrons. The summed E-state index contributed by atoms with van der Waals surface area (Å²) >= 11 is 0. The van der Waals surface area contributed by atoms with Crippen LogP contribution >= 0.6 is 0 Å². The van der Waals surface area contributed by atoms with Crippen LogP contribution in [0.2, 0.25) is 0 Å². The molecule has 1 unspecified atom stereocenters. The van der Waals surface area contributed by atoms with Crippen LogP contribution in [0.15, 0.2) is 60.1 Å². The number of rotatable bonds is 6. The van der Waals surface area contributed by atoms with Crippen LogP contribution in [0, 0.1) is 0 Å². The number of carbonyl (C=O) groups excluding carboxylic acids is 1. The Balaban J connectivity index is 1.19. The van der Waals surface area contributed by atoms with Crippen LogP contribution in [-0.4, -0.2) is 50.2 Å². The topological polar surface area (TPSA) is 86.6 Å². The quantitative estimate of drug-likeness (QED) is 0.624. The number of aromatic nitrogens is 3. The fraction of sp³-hybridized carbons (Fsp3) is 0.320. The molecule has 1 aliphatic heterocycles. The van der Waals surface area contributed by atoms with Crippen molar-refractivity contribution < 1.29 is 4.79 Å². The molecule has 3 aromatic rings. The molecule has 0 saturated heterocycles. The minimum absolute atomic E-state index is 0.0473. The SMILES string of the molecule is CN1N=CN(C2CC2)C1c1cccc(NC(=O)c2cc(-c3ccc(C4CC4)nc3)ncn2)c1. The highest BCUT2D eigenvalue weighted by molar-refractivity contribution is 6.03. The maximum atomic E-state index is 13.0. The summed E-state index contributed by atoms with van der Waals surface area (Å²) in [4.78, 5) is 28.3. The molecular weight excluding hydrogens is 414 g/mol. The zero-order valence-electron chi connectivity index (χ0n) is 18.4. The molecule has 8 nitrogen and oxygen atoms in total. The van der Waals surface area contributed by atoms with Gasteiger partial charge in [-0.1, -0.05) is 12.1 Å². The predicted molar refractivity (Wildman–Crippen MR) is 125 cm³/mol. The Hall–Kier alpha value is -3.81. The van der Waals surface area contributed by atoms with Crippen LogP contribution in [-0.2, 0) is 0 Å². The number of amides is 1. The van der Waals surface area contributed by atoms with Crippen LogP contribution in [0.3, 0.4) is 0 Å². The number of nitrogens with zero attached hydrogens (tertiary/aromatic N) is 6. The van der Waals surface area contributed by atoms with E-state index in [0.29, 0.717) is 23.3 Å². The van der Waals surface area contributed by atoms with Crippen molar-refractivity contribution in [3.05, 3.63) is 71.9 Å². The summed E-state index contributed by atoms with van der Waals surface area (Å²) < 4.78 is 0. The van der Waals surface area contributed by atoms with Crippen molar-refractivity contribution in [1.29, 1.82) is 0 Å². The van der Waals surface area contributed by atoms with Crippen LogP contribution in [0.25, 0.3) is 11.3 Å². The molecule has 2 aromatic heterocycles. The van der Waals surface area contributed by atoms with E-state index >= 15 is 0 Å². The molecule has 33 heavy (non-hydrogen) atoms. The normalized spacial score (nSPS) is 19.7. The number of benzene rings is 1. The third kappa shape index (κ3) is 4.04. The molecule has 0 spiro atoms. The van der Waals surface area contributed by atoms with Crippen LogP contribution in [0.5, 0.6) is 0 Å². The van der Waals surface area contributed by atoms with E-state index in [-0.39, 0.29) is 12.1 Å². The lowest BCUT2D eigenvalue weighted by Crippen LogP contribution is -2.31. The third-order valence-corrected chi connectivity index (χ3v) is 6.39. The molecule has 2 fully saturated rings.